The van der Waals surface area contributed by atoms with Gasteiger partial charge in [-0.1, -0.05) is 26.0 Å². The van der Waals surface area contributed by atoms with Gasteiger partial charge in [0.2, 0.25) is 5.91 Å². The van der Waals surface area contributed by atoms with Crippen molar-refractivity contribution in [2.75, 3.05) is 5.32 Å². The van der Waals surface area contributed by atoms with E-state index >= 15 is 0 Å². The van der Waals surface area contributed by atoms with E-state index in [2.05, 4.69) is 40.4 Å². The average molecular weight is 393 g/mol. The van der Waals surface area contributed by atoms with Crippen molar-refractivity contribution in [3.05, 3.63) is 52.4 Å². The first kappa shape index (κ1) is 18.3. The van der Waals surface area contributed by atoms with Crippen LogP contribution < -0.4 is 10.6 Å². The molecule has 0 saturated heterocycles. The maximum atomic E-state index is 12.0. The minimum absolute atomic E-state index is 0.00609. The molecule has 128 valence electrons. The van der Waals surface area contributed by atoms with Crippen LogP contribution in [-0.4, -0.2) is 17.9 Å². The van der Waals surface area contributed by atoms with Crippen molar-refractivity contribution in [3.8, 4) is 0 Å². The van der Waals surface area contributed by atoms with Gasteiger partial charge in [0.25, 0.3) is 5.91 Å². The second kappa shape index (κ2) is 8.15. The van der Waals surface area contributed by atoms with Crippen LogP contribution in [0.15, 0.2) is 45.5 Å². The van der Waals surface area contributed by atoms with E-state index in [0.717, 1.165) is 5.56 Å². The fourth-order valence-electron chi connectivity index (χ4n) is 1.99. The monoisotopic (exact) mass is 392 g/mol. The summed E-state index contributed by atoms with van der Waals surface area (Å²) in [6.07, 6.45) is 0.316. The molecule has 2 N–H and O–H groups in total. The Labute approximate surface area is 149 Å². The fourth-order valence-corrected chi connectivity index (χ4v) is 2.30. The van der Waals surface area contributed by atoms with Gasteiger partial charge in [-0.05, 0) is 58.6 Å². The maximum absolute atomic E-state index is 12.0. The van der Waals surface area contributed by atoms with Crippen LogP contribution >= 0.6 is 15.9 Å². The Balaban J connectivity index is 1.91. The third-order valence-corrected chi connectivity index (χ3v) is 4.19. The third kappa shape index (κ3) is 5.23. The van der Waals surface area contributed by atoms with E-state index in [1.807, 2.05) is 19.1 Å². The standard InChI is InChI=1S/C18H21BrN2O3/c1-11(2)12(3)20-17(22)10-13-4-6-14(7-5-13)21-18(23)15-8-9-16(19)24-15/h4-9,11-12H,10H2,1-3H3,(H,20,22)(H,21,23)/t12-/m1/s1. The van der Waals surface area contributed by atoms with E-state index in [1.165, 1.54) is 0 Å². The van der Waals surface area contributed by atoms with Crippen molar-refractivity contribution in [2.45, 2.75) is 33.2 Å². The number of carbonyl (C=O) groups excluding carboxylic acids is 2. The molecule has 0 fully saturated rings. The zero-order chi connectivity index (χ0) is 17.7. The van der Waals surface area contributed by atoms with Gasteiger partial charge in [0, 0.05) is 11.7 Å². The maximum Gasteiger partial charge on any atom is 0.291 e. The molecule has 0 unspecified atom stereocenters. The van der Waals surface area contributed by atoms with Crippen LogP contribution in [0.5, 0.6) is 0 Å². The first-order valence-corrected chi connectivity index (χ1v) is 8.59. The number of amides is 2. The lowest BCUT2D eigenvalue weighted by Gasteiger charge is -2.17. The molecular weight excluding hydrogens is 372 g/mol. The lowest BCUT2D eigenvalue weighted by atomic mass is 10.1. The first-order chi connectivity index (χ1) is 11.3. The number of benzene rings is 1. The van der Waals surface area contributed by atoms with Crippen LogP contribution in [0, 0.1) is 5.92 Å². The normalized spacial score (nSPS) is 12.0. The molecular formula is C18H21BrN2O3. The van der Waals surface area contributed by atoms with Gasteiger partial charge in [-0.3, -0.25) is 9.59 Å². The van der Waals surface area contributed by atoms with Gasteiger partial charge in [-0.2, -0.15) is 0 Å². The van der Waals surface area contributed by atoms with Crippen molar-refractivity contribution in [3.63, 3.8) is 0 Å². The molecule has 1 heterocycles. The number of furan rings is 1. The van der Waals surface area contributed by atoms with Gasteiger partial charge in [0.1, 0.15) is 0 Å². The highest BCUT2D eigenvalue weighted by molar-refractivity contribution is 9.10. The van der Waals surface area contributed by atoms with Crippen molar-refractivity contribution >= 4 is 33.4 Å². The minimum atomic E-state index is -0.322. The molecule has 24 heavy (non-hydrogen) atoms. The summed E-state index contributed by atoms with van der Waals surface area (Å²) in [6, 6.07) is 10.6. The van der Waals surface area contributed by atoms with Crippen LogP contribution in [0.4, 0.5) is 5.69 Å². The van der Waals surface area contributed by atoms with Gasteiger partial charge in [0.15, 0.2) is 10.4 Å². The highest BCUT2D eigenvalue weighted by atomic mass is 79.9. The number of nitrogens with one attached hydrogen (secondary N) is 2. The summed E-state index contributed by atoms with van der Waals surface area (Å²) in [7, 11) is 0. The molecule has 2 rings (SSSR count). The zero-order valence-corrected chi connectivity index (χ0v) is 15.5. The molecule has 2 amide bonds. The Morgan fingerprint density at radius 2 is 1.75 bits per heavy atom. The second-order valence-corrected chi connectivity index (χ2v) is 6.81. The van der Waals surface area contributed by atoms with E-state index in [0.29, 0.717) is 22.7 Å². The van der Waals surface area contributed by atoms with Gasteiger partial charge < -0.3 is 15.1 Å². The Hall–Kier alpha value is -2.08. The lowest BCUT2D eigenvalue weighted by molar-refractivity contribution is -0.121. The highest BCUT2D eigenvalue weighted by Gasteiger charge is 2.12. The van der Waals surface area contributed by atoms with Crippen LogP contribution in [-0.2, 0) is 11.2 Å². The predicted molar refractivity (Wildman–Crippen MR) is 96.9 cm³/mol. The highest BCUT2D eigenvalue weighted by Crippen LogP contribution is 2.16. The third-order valence-electron chi connectivity index (χ3n) is 3.76. The van der Waals surface area contributed by atoms with Crippen LogP contribution in [0.1, 0.15) is 36.9 Å². The SMILES string of the molecule is CC(C)[C@@H](C)NC(=O)Cc1ccc(NC(=O)c2ccc(Br)o2)cc1. The Bertz CT molecular complexity index is 707. The van der Waals surface area contributed by atoms with Crippen LogP contribution in [0.3, 0.4) is 0 Å². The summed E-state index contributed by atoms with van der Waals surface area (Å²) in [5.74, 6) is 0.298. The molecule has 0 saturated carbocycles. The van der Waals surface area contributed by atoms with E-state index in [1.54, 1.807) is 24.3 Å². The molecule has 1 atom stereocenters. The first-order valence-electron chi connectivity index (χ1n) is 7.80. The largest absolute Gasteiger partial charge is 0.444 e. The summed E-state index contributed by atoms with van der Waals surface area (Å²) >= 11 is 3.16. The van der Waals surface area contributed by atoms with Crippen molar-refractivity contribution in [2.24, 2.45) is 5.92 Å². The number of anilines is 1. The van der Waals surface area contributed by atoms with E-state index in [-0.39, 0.29) is 23.6 Å². The summed E-state index contributed by atoms with van der Waals surface area (Å²) in [6.45, 7) is 6.13. The molecule has 0 aliphatic rings. The summed E-state index contributed by atoms with van der Waals surface area (Å²) in [5.41, 5.74) is 1.54. The fraction of sp³-hybridized carbons (Fsp3) is 0.333. The van der Waals surface area contributed by atoms with Crippen LogP contribution in [0.25, 0.3) is 0 Å². The quantitative estimate of drug-likeness (QED) is 0.780. The molecule has 0 aliphatic carbocycles. The molecule has 0 aliphatic heterocycles. The van der Waals surface area contributed by atoms with Crippen molar-refractivity contribution in [1.82, 2.24) is 5.32 Å². The number of halogens is 1. The van der Waals surface area contributed by atoms with Crippen molar-refractivity contribution in [1.29, 1.82) is 0 Å². The molecule has 5 nitrogen and oxygen atoms in total. The van der Waals surface area contributed by atoms with Crippen LogP contribution in [0.2, 0.25) is 0 Å². The molecule has 0 spiro atoms. The van der Waals surface area contributed by atoms with Gasteiger partial charge in [-0.25, -0.2) is 0 Å². The van der Waals surface area contributed by atoms with Crippen molar-refractivity contribution < 1.29 is 14.0 Å². The van der Waals surface area contributed by atoms with Gasteiger partial charge in [0.05, 0.1) is 6.42 Å². The van der Waals surface area contributed by atoms with E-state index in [9.17, 15) is 9.59 Å². The number of hydrogen-bond donors (Lipinski definition) is 2. The molecule has 6 heteroatoms. The molecule has 1 aromatic carbocycles. The number of rotatable bonds is 6. The Kier molecular flexibility index (Phi) is 6.20. The predicted octanol–water partition coefficient (Wildman–Crippen LogP) is 4.00. The molecule has 2 aromatic rings. The molecule has 0 radical (unpaired) electrons. The molecule has 0 bridgehead atoms. The van der Waals surface area contributed by atoms with E-state index < -0.39 is 0 Å². The average Bonchev–Trinajstić information content (AvgIpc) is 2.95. The van der Waals surface area contributed by atoms with Gasteiger partial charge in [-0.15, -0.1) is 0 Å². The Morgan fingerprint density at radius 1 is 1.08 bits per heavy atom. The summed E-state index contributed by atoms with van der Waals surface area (Å²) in [4.78, 5) is 24.0. The topological polar surface area (TPSA) is 71.3 Å². The summed E-state index contributed by atoms with van der Waals surface area (Å²) in [5, 5.41) is 5.72. The summed E-state index contributed by atoms with van der Waals surface area (Å²) < 4.78 is 5.71. The lowest BCUT2D eigenvalue weighted by Crippen LogP contribution is -2.37. The Morgan fingerprint density at radius 3 is 2.29 bits per heavy atom. The number of hydrogen-bond acceptors (Lipinski definition) is 3. The van der Waals surface area contributed by atoms with E-state index in [4.69, 9.17) is 4.42 Å². The zero-order valence-electron chi connectivity index (χ0n) is 13.9. The minimum Gasteiger partial charge on any atom is -0.444 e. The number of carbonyl (C=O) groups is 2. The van der Waals surface area contributed by atoms with Gasteiger partial charge >= 0.3 is 0 Å². The molecule has 1 aromatic heterocycles. The second-order valence-electron chi connectivity index (χ2n) is 6.03. The smallest absolute Gasteiger partial charge is 0.291 e.